The average Bonchev–Trinajstić information content (AvgIpc) is 3.57. The van der Waals surface area contributed by atoms with Gasteiger partial charge >= 0.3 is 0 Å². The zero-order chi connectivity index (χ0) is 24.5. The molecule has 1 aliphatic carbocycles. The molecular formula is C27H33FN4O3. The highest BCUT2D eigenvalue weighted by molar-refractivity contribution is 5.98. The highest BCUT2D eigenvalue weighted by Gasteiger charge is 2.29. The molecule has 1 amide bonds. The fraction of sp³-hybridized carbons (Fsp3) is 0.481. The number of halogens is 1. The van der Waals surface area contributed by atoms with E-state index in [1.54, 1.807) is 18.5 Å². The van der Waals surface area contributed by atoms with Crippen LogP contribution in [0.2, 0.25) is 0 Å². The Hall–Kier alpha value is -3.13. The Morgan fingerprint density at radius 1 is 1.23 bits per heavy atom. The normalized spacial score (nSPS) is 17.6. The smallest absolute Gasteiger partial charge is 0.256 e. The van der Waals surface area contributed by atoms with Crippen LogP contribution >= 0.6 is 0 Å². The van der Waals surface area contributed by atoms with Crippen molar-refractivity contribution in [2.45, 2.75) is 51.6 Å². The number of furan rings is 1. The Bertz CT molecular complexity index is 1260. The van der Waals surface area contributed by atoms with E-state index in [1.165, 1.54) is 6.07 Å². The summed E-state index contributed by atoms with van der Waals surface area (Å²) in [5.41, 5.74) is 0.881. The molecule has 186 valence electrons. The van der Waals surface area contributed by atoms with Gasteiger partial charge in [0, 0.05) is 56.3 Å². The minimum absolute atomic E-state index is 0.0676. The maximum absolute atomic E-state index is 15.3. The van der Waals surface area contributed by atoms with E-state index >= 15 is 4.39 Å². The number of rotatable bonds is 8. The number of hydrogen-bond donors (Lipinski definition) is 1. The standard InChI is InChI=1S/C27H33FN4O3/c1-3-30-10-12-31(13-11-30)25-16-24-21(15-23(25)28)26(33)22(17-32(24)19-7-8-19)27(34)29-18(2)6-9-20-5-4-14-35-20/h4-5,14-19H,3,6-13H2,1-2H3,(H,29,34)/t18-/m0/s1. The second-order valence-electron chi connectivity index (χ2n) is 9.74. The lowest BCUT2D eigenvalue weighted by atomic mass is 10.1. The highest BCUT2D eigenvalue weighted by Crippen LogP contribution is 2.38. The molecule has 2 aromatic heterocycles. The van der Waals surface area contributed by atoms with Crippen molar-refractivity contribution in [3.63, 3.8) is 0 Å². The van der Waals surface area contributed by atoms with Crippen LogP contribution in [0.3, 0.4) is 0 Å². The molecule has 0 unspecified atom stereocenters. The number of benzene rings is 1. The van der Waals surface area contributed by atoms with E-state index in [4.69, 9.17) is 4.42 Å². The van der Waals surface area contributed by atoms with Crippen LogP contribution in [0.5, 0.6) is 0 Å². The predicted molar refractivity (Wildman–Crippen MR) is 135 cm³/mol. The second kappa shape index (κ2) is 9.85. The molecular weight excluding hydrogens is 447 g/mol. The topological polar surface area (TPSA) is 70.7 Å². The summed E-state index contributed by atoms with van der Waals surface area (Å²) < 4.78 is 22.6. The van der Waals surface area contributed by atoms with Gasteiger partial charge in [0.05, 0.1) is 17.5 Å². The first kappa shape index (κ1) is 23.6. The maximum Gasteiger partial charge on any atom is 0.256 e. The number of piperazine rings is 1. The largest absolute Gasteiger partial charge is 0.469 e. The number of amides is 1. The molecule has 2 aliphatic rings. The molecule has 8 heteroatoms. The van der Waals surface area contributed by atoms with Crippen molar-refractivity contribution < 1.29 is 13.6 Å². The lowest BCUT2D eigenvalue weighted by molar-refractivity contribution is 0.0936. The molecule has 1 aromatic carbocycles. The van der Waals surface area contributed by atoms with Crippen LogP contribution in [0.4, 0.5) is 10.1 Å². The van der Waals surface area contributed by atoms with Gasteiger partial charge in [-0.05, 0) is 57.0 Å². The van der Waals surface area contributed by atoms with Gasteiger partial charge in [0.2, 0.25) is 5.43 Å². The fourth-order valence-corrected chi connectivity index (χ4v) is 4.91. The van der Waals surface area contributed by atoms with Gasteiger partial charge in [0.15, 0.2) is 0 Å². The zero-order valence-electron chi connectivity index (χ0n) is 20.4. The Balaban J connectivity index is 1.42. The van der Waals surface area contributed by atoms with E-state index < -0.39 is 17.2 Å². The summed E-state index contributed by atoms with van der Waals surface area (Å²) in [6, 6.07) is 6.96. The van der Waals surface area contributed by atoms with Gasteiger partial charge < -0.3 is 24.1 Å². The van der Waals surface area contributed by atoms with Crippen LogP contribution in [-0.2, 0) is 6.42 Å². The van der Waals surface area contributed by atoms with Crippen LogP contribution < -0.4 is 15.6 Å². The second-order valence-corrected chi connectivity index (χ2v) is 9.74. The Morgan fingerprint density at radius 2 is 2.00 bits per heavy atom. The van der Waals surface area contributed by atoms with Crippen LogP contribution in [0, 0.1) is 5.82 Å². The number of pyridine rings is 1. The van der Waals surface area contributed by atoms with E-state index in [-0.39, 0.29) is 23.0 Å². The Labute approximate surface area is 204 Å². The maximum atomic E-state index is 15.3. The van der Waals surface area contributed by atoms with Crippen molar-refractivity contribution in [2.24, 2.45) is 0 Å². The molecule has 1 N–H and O–H groups in total. The van der Waals surface area contributed by atoms with Gasteiger partial charge in [-0.2, -0.15) is 0 Å². The van der Waals surface area contributed by atoms with Crippen LogP contribution in [0.1, 0.15) is 55.3 Å². The molecule has 1 aliphatic heterocycles. The summed E-state index contributed by atoms with van der Waals surface area (Å²) in [5.74, 6) is 0.0277. The molecule has 0 bridgehead atoms. The summed E-state index contributed by atoms with van der Waals surface area (Å²) in [4.78, 5) is 30.8. The Kier molecular flexibility index (Phi) is 6.65. The molecule has 7 nitrogen and oxygen atoms in total. The number of aromatic nitrogens is 1. The van der Waals surface area contributed by atoms with Crippen LogP contribution in [0.15, 0.2) is 45.9 Å². The fourth-order valence-electron chi connectivity index (χ4n) is 4.91. The first-order chi connectivity index (χ1) is 16.9. The zero-order valence-corrected chi connectivity index (χ0v) is 20.4. The first-order valence-corrected chi connectivity index (χ1v) is 12.6. The van der Waals surface area contributed by atoms with E-state index in [0.717, 1.165) is 51.3 Å². The number of likely N-dealkylation sites (N-methyl/N-ethyl adjacent to an activating group) is 1. The third kappa shape index (κ3) is 4.98. The van der Waals surface area contributed by atoms with Gasteiger partial charge in [0.1, 0.15) is 17.1 Å². The van der Waals surface area contributed by atoms with E-state index in [2.05, 4.69) is 22.0 Å². The predicted octanol–water partition coefficient (Wildman–Crippen LogP) is 3.96. The first-order valence-electron chi connectivity index (χ1n) is 12.6. The minimum Gasteiger partial charge on any atom is -0.469 e. The van der Waals surface area contributed by atoms with Gasteiger partial charge in [0.25, 0.3) is 5.91 Å². The number of fused-ring (bicyclic) bond motifs is 1. The summed E-state index contributed by atoms with van der Waals surface area (Å²) >= 11 is 0. The molecule has 35 heavy (non-hydrogen) atoms. The number of aryl methyl sites for hydroxylation is 1. The third-order valence-corrected chi connectivity index (χ3v) is 7.23. The minimum atomic E-state index is -0.422. The van der Waals surface area contributed by atoms with Gasteiger partial charge in [-0.3, -0.25) is 9.59 Å². The number of hydrogen-bond acceptors (Lipinski definition) is 5. The summed E-state index contributed by atoms with van der Waals surface area (Å²) in [6.45, 7) is 8.31. The van der Waals surface area contributed by atoms with E-state index in [9.17, 15) is 9.59 Å². The lowest BCUT2D eigenvalue weighted by Crippen LogP contribution is -2.46. The van der Waals surface area contributed by atoms with E-state index in [1.807, 2.05) is 23.6 Å². The quantitative estimate of drug-likeness (QED) is 0.529. The molecule has 5 rings (SSSR count). The van der Waals surface area contributed by atoms with Crippen molar-refractivity contribution in [1.29, 1.82) is 0 Å². The van der Waals surface area contributed by atoms with Crippen LogP contribution in [-0.4, -0.2) is 54.1 Å². The number of carbonyl (C=O) groups is 1. The molecule has 1 atom stereocenters. The summed E-state index contributed by atoms with van der Waals surface area (Å²) in [6.07, 6.45) is 6.66. The summed E-state index contributed by atoms with van der Waals surface area (Å²) in [5, 5.41) is 3.20. The van der Waals surface area contributed by atoms with Gasteiger partial charge in [-0.25, -0.2) is 4.39 Å². The Morgan fingerprint density at radius 3 is 2.66 bits per heavy atom. The number of nitrogens with one attached hydrogen (secondary N) is 1. The average molecular weight is 481 g/mol. The van der Waals surface area contributed by atoms with Crippen molar-refractivity contribution >= 4 is 22.5 Å². The molecule has 0 radical (unpaired) electrons. The molecule has 1 saturated carbocycles. The number of carbonyl (C=O) groups excluding carboxylic acids is 1. The van der Waals surface area contributed by atoms with Gasteiger partial charge in [-0.1, -0.05) is 6.92 Å². The molecule has 0 spiro atoms. The van der Waals surface area contributed by atoms with Gasteiger partial charge in [-0.15, -0.1) is 0 Å². The van der Waals surface area contributed by atoms with E-state index in [0.29, 0.717) is 24.0 Å². The van der Waals surface area contributed by atoms with Crippen LogP contribution in [0.25, 0.3) is 10.9 Å². The van der Waals surface area contributed by atoms with Crippen molar-refractivity contribution in [2.75, 3.05) is 37.6 Å². The highest BCUT2D eigenvalue weighted by atomic mass is 19.1. The third-order valence-electron chi connectivity index (χ3n) is 7.23. The monoisotopic (exact) mass is 480 g/mol. The van der Waals surface area contributed by atoms with Crippen molar-refractivity contribution in [1.82, 2.24) is 14.8 Å². The van der Waals surface area contributed by atoms with Crippen molar-refractivity contribution in [3.05, 3.63) is 64.1 Å². The number of nitrogens with zero attached hydrogens (tertiary/aromatic N) is 3. The lowest BCUT2D eigenvalue weighted by Gasteiger charge is -2.35. The number of anilines is 1. The molecule has 1 saturated heterocycles. The molecule has 2 fully saturated rings. The molecule has 3 heterocycles. The SMILES string of the molecule is CCN1CCN(c2cc3c(cc2F)c(=O)c(C(=O)N[C@@H](C)CCc2ccco2)cn3C2CC2)CC1. The molecule has 3 aromatic rings. The summed E-state index contributed by atoms with van der Waals surface area (Å²) in [7, 11) is 0. The van der Waals surface area contributed by atoms with Crippen molar-refractivity contribution in [3.8, 4) is 0 Å².